The first kappa shape index (κ1) is 14.2. The Morgan fingerprint density at radius 1 is 1.45 bits per heavy atom. The van der Waals surface area contributed by atoms with E-state index >= 15 is 0 Å². The molecule has 20 heavy (non-hydrogen) atoms. The van der Waals surface area contributed by atoms with Crippen LogP contribution < -0.4 is 0 Å². The molecule has 5 heteroatoms. The van der Waals surface area contributed by atoms with Gasteiger partial charge in [0, 0.05) is 31.1 Å². The van der Waals surface area contributed by atoms with Crippen LogP contribution in [0.25, 0.3) is 6.08 Å². The van der Waals surface area contributed by atoms with Gasteiger partial charge in [-0.1, -0.05) is 6.92 Å². The third kappa shape index (κ3) is 3.91. The molecule has 1 aliphatic rings. The van der Waals surface area contributed by atoms with E-state index in [1.165, 1.54) is 6.08 Å². The van der Waals surface area contributed by atoms with Crippen molar-refractivity contribution in [2.45, 2.75) is 25.8 Å². The highest BCUT2D eigenvalue weighted by molar-refractivity contribution is 5.92. The zero-order valence-electron chi connectivity index (χ0n) is 11.4. The minimum absolute atomic E-state index is 0.127. The quantitative estimate of drug-likeness (QED) is 0.803. The van der Waals surface area contributed by atoms with Crippen LogP contribution in [-0.4, -0.2) is 39.5 Å². The van der Waals surface area contributed by atoms with Crippen LogP contribution in [0.4, 0.5) is 0 Å². The number of rotatable bonds is 6. The molecule has 1 amide bonds. The number of carbonyl (C=O) groups is 2. The highest BCUT2D eigenvalue weighted by atomic mass is 16.4. The van der Waals surface area contributed by atoms with Crippen LogP contribution in [0.2, 0.25) is 0 Å². The van der Waals surface area contributed by atoms with Gasteiger partial charge in [-0.2, -0.15) is 0 Å². The Balaban J connectivity index is 2.00. The average Bonchev–Trinajstić information content (AvgIpc) is 3.27. The van der Waals surface area contributed by atoms with Gasteiger partial charge in [-0.25, -0.2) is 0 Å². The van der Waals surface area contributed by atoms with Crippen molar-refractivity contribution in [1.82, 2.24) is 9.88 Å². The molecule has 0 aromatic carbocycles. The summed E-state index contributed by atoms with van der Waals surface area (Å²) in [6, 6.07) is 3.82. The Kier molecular flexibility index (Phi) is 4.50. The van der Waals surface area contributed by atoms with E-state index in [4.69, 9.17) is 5.11 Å². The molecule has 0 aliphatic heterocycles. The number of carboxylic acids is 1. The summed E-state index contributed by atoms with van der Waals surface area (Å²) in [7, 11) is 0. The van der Waals surface area contributed by atoms with Gasteiger partial charge in [-0.15, -0.1) is 0 Å². The summed E-state index contributed by atoms with van der Waals surface area (Å²) >= 11 is 0. The zero-order valence-corrected chi connectivity index (χ0v) is 11.4. The maximum absolute atomic E-state index is 12.2. The van der Waals surface area contributed by atoms with Crippen LogP contribution in [0.3, 0.4) is 0 Å². The normalized spacial score (nSPS) is 16.1. The molecule has 106 valence electrons. The summed E-state index contributed by atoms with van der Waals surface area (Å²) < 4.78 is 0. The molecule has 1 atom stereocenters. The molecule has 0 spiro atoms. The second-order valence-corrected chi connectivity index (χ2v) is 5.07. The fraction of sp³-hybridized carbons (Fsp3) is 0.400. The molecular formula is C15H18N2O3. The number of aromatic nitrogens is 1. The number of pyridine rings is 1. The second kappa shape index (κ2) is 6.32. The third-order valence-electron chi connectivity index (χ3n) is 3.29. The Bertz CT molecular complexity index is 509. The Hall–Kier alpha value is -2.17. The lowest BCUT2D eigenvalue weighted by Gasteiger charge is -2.22. The Labute approximate surface area is 117 Å². The van der Waals surface area contributed by atoms with Crippen LogP contribution in [0.15, 0.2) is 30.6 Å². The molecule has 1 unspecified atom stereocenters. The number of carboxylic acid groups (broad SMARTS) is 1. The van der Waals surface area contributed by atoms with Gasteiger partial charge in [0.2, 0.25) is 5.91 Å². The monoisotopic (exact) mass is 274 g/mol. The van der Waals surface area contributed by atoms with Gasteiger partial charge in [-0.05, 0) is 36.6 Å². The molecule has 1 aliphatic carbocycles. The van der Waals surface area contributed by atoms with E-state index in [1.54, 1.807) is 30.3 Å². The first-order valence-electron chi connectivity index (χ1n) is 6.69. The van der Waals surface area contributed by atoms with Gasteiger partial charge in [-0.3, -0.25) is 14.6 Å². The van der Waals surface area contributed by atoms with Gasteiger partial charge < -0.3 is 10.0 Å². The number of aliphatic carboxylic acids is 1. The first-order valence-corrected chi connectivity index (χ1v) is 6.69. The van der Waals surface area contributed by atoms with Crippen LogP contribution in [-0.2, 0) is 9.59 Å². The van der Waals surface area contributed by atoms with E-state index in [-0.39, 0.29) is 18.5 Å². The SMILES string of the molecule is CC(CN(C(=O)/C=C/c1ccncc1)C1CC1)C(=O)O. The lowest BCUT2D eigenvalue weighted by molar-refractivity contribution is -0.142. The lowest BCUT2D eigenvalue weighted by Crippen LogP contribution is -2.37. The smallest absolute Gasteiger partial charge is 0.308 e. The molecule has 2 rings (SSSR count). The van der Waals surface area contributed by atoms with Gasteiger partial charge >= 0.3 is 5.97 Å². The fourth-order valence-electron chi connectivity index (χ4n) is 1.92. The van der Waals surface area contributed by atoms with Crippen molar-refractivity contribution in [3.05, 3.63) is 36.2 Å². The van der Waals surface area contributed by atoms with Crippen LogP contribution in [0.1, 0.15) is 25.3 Å². The molecule has 5 nitrogen and oxygen atoms in total. The van der Waals surface area contributed by atoms with Gasteiger partial charge in [0.25, 0.3) is 0 Å². The topological polar surface area (TPSA) is 70.5 Å². The van der Waals surface area contributed by atoms with Crippen molar-refractivity contribution in [2.24, 2.45) is 5.92 Å². The summed E-state index contributed by atoms with van der Waals surface area (Å²) in [4.78, 5) is 28.7. The molecule has 1 heterocycles. The second-order valence-electron chi connectivity index (χ2n) is 5.07. The minimum Gasteiger partial charge on any atom is -0.481 e. The molecule has 0 bridgehead atoms. The van der Waals surface area contributed by atoms with Gasteiger partial charge in [0.05, 0.1) is 5.92 Å². The van der Waals surface area contributed by atoms with Crippen LogP contribution >= 0.6 is 0 Å². The summed E-state index contributed by atoms with van der Waals surface area (Å²) in [6.07, 6.45) is 8.47. The molecule has 1 N–H and O–H groups in total. The number of hydrogen-bond acceptors (Lipinski definition) is 3. The van der Waals surface area contributed by atoms with Crippen LogP contribution in [0.5, 0.6) is 0 Å². The van der Waals surface area contributed by atoms with Crippen molar-refractivity contribution < 1.29 is 14.7 Å². The number of hydrogen-bond donors (Lipinski definition) is 1. The van der Waals surface area contributed by atoms with Crippen molar-refractivity contribution >= 4 is 18.0 Å². The predicted molar refractivity (Wildman–Crippen MR) is 74.8 cm³/mol. The summed E-state index contributed by atoms with van der Waals surface area (Å²) in [6.45, 7) is 1.89. The fourth-order valence-corrected chi connectivity index (χ4v) is 1.92. The average molecular weight is 274 g/mol. The zero-order chi connectivity index (χ0) is 14.5. The predicted octanol–water partition coefficient (Wildman–Crippen LogP) is 1.81. The van der Waals surface area contributed by atoms with Gasteiger partial charge in [0.15, 0.2) is 0 Å². The third-order valence-corrected chi connectivity index (χ3v) is 3.29. The summed E-state index contributed by atoms with van der Waals surface area (Å²) in [5.41, 5.74) is 0.898. The molecular weight excluding hydrogens is 256 g/mol. The molecule has 0 radical (unpaired) electrons. The summed E-state index contributed by atoms with van der Waals surface area (Å²) in [5.74, 6) is -1.55. The van der Waals surface area contributed by atoms with E-state index in [1.807, 2.05) is 12.1 Å². The van der Waals surface area contributed by atoms with Crippen molar-refractivity contribution in [3.8, 4) is 0 Å². The maximum Gasteiger partial charge on any atom is 0.308 e. The van der Waals surface area contributed by atoms with E-state index in [0.29, 0.717) is 0 Å². The highest BCUT2D eigenvalue weighted by Gasteiger charge is 2.33. The van der Waals surface area contributed by atoms with E-state index in [2.05, 4.69) is 4.98 Å². The van der Waals surface area contributed by atoms with E-state index in [0.717, 1.165) is 18.4 Å². The van der Waals surface area contributed by atoms with E-state index < -0.39 is 11.9 Å². The Morgan fingerprint density at radius 2 is 2.10 bits per heavy atom. The molecule has 1 aromatic heterocycles. The molecule has 1 fully saturated rings. The van der Waals surface area contributed by atoms with E-state index in [9.17, 15) is 9.59 Å². The van der Waals surface area contributed by atoms with Crippen LogP contribution in [0, 0.1) is 5.92 Å². The van der Waals surface area contributed by atoms with Crippen molar-refractivity contribution in [1.29, 1.82) is 0 Å². The lowest BCUT2D eigenvalue weighted by atomic mass is 10.1. The van der Waals surface area contributed by atoms with Gasteiger partial charge in [0.1, 0.15) is 0 Å². The summed E-state index contributed by atoms with van der Waals surface area (Å²) in [5, 5.41) is 8.96. The number of nitrogens with zero attached hydrogens (tertiary/aromatic N) is 2. The highest BCUT2D eigenvalue weighted by Crippen LogP contribution is 2.28. The standard InChI is InChI=1S/C15H18N2O3/c1-11(15(19)20)10-17(13-3-4-13)14(18)5-2-12-6-8-16-9-7-12/h2,5-9,11,13H,3-4,10H2,1H3,(H,19,20)/b5-2+. The molecule has 1 aromatic rings. The first-order chi connectivity index (χ1) is 9.58. The number of carbonyl (C=O) groups excluding carboxylic acids is 1. The largest absolute Gasteiger partial charge is 0.481 e. The maximum atomic E-state index is 12.2. The molecule has 1 saturated carbocycles. The minimum atomic E-state index is -0.874. The van der Waals surface area contributed by atoms with Crippen molar-refractivity contribution in [3.63, 3.8) is 0 Å². The Morgan fingerprint density at radius 3 is 2.65 bits per heavy atom. The molecule has 0 saturated heterocycles. The number of amides is 1. The van der Waals surface area contributed by atoms with Crippen molar-refractivity contribution in [2.75, 3.05) is 6.54 Å².